The number of amidine groups is 1. The summed E-state index contributed by atoms with van der Waals surface area (Å²) in [5, 5.41) is 14.6. The summed E-state index contributed by atoms with van der Waals surface area (Å²) < 4.78 is 0. The zero-order valence-electron chi connectivity index (χ0n) is 9.61. The molecular formula is C12H19N3O. The van der Waals surface area contributed by atoms with Crippen LogP contribution in [0.15, 0.2) is 29.4 Å². The summed E-state index contributed by atoms with van der Waals surface area (Å²) in [5.74, 6) is 0.289. The van der Waals surface area contributed by atoms with Crippen molar-refractivity contribution in [1.82, 2.24) is 5.32 Å². The Balaban J connectivity index is 2.16. The summed E-state index contributed by atoms with van der Waals surface area (Å²) in [6, 6.07) is 8.41. The van der Waals surface area contributed by atoms with Crippen molar-refractivity contribution in [2.24, 2.45) is 10.9 Å². The predicted octanol–water partition coefficient (Wildman–Crippen LogP) is 1.61. The van der Waals surface area contributed by atoms with Crippen LogP contribution in [-0.2, 0) is 6.54 Å². The quantitative estimate of drug-likeness (QED) is 0.225. The van der Waals surface area contributed by atoms with Crippen molar-refractivity contribution in [3.63, 3.8) is 0 Å². The normalized spacial score (nSPS) is 11.7. The second-order valence-electron chi connectivity index (χ2n) is 3.86. The molecule has 4 N–H and O–H groups in total. The van der Waals surface area contributed by atoms with E-state index in [-0.39, 0.29) is 5.84 Å². The average Bonchev–Trinajstić information content (AvgIpc) is 2.28. The van der Waals surface area contributed by atoms with Crippen molar-refractivity contribution in [3.05, 3.63) is 35.4 Å². The summed E-state index contributed by atoms with van der Waals surface area (Å²) in [6.45, 7) is 3.81. The van der Waals surface area contributed by atoms with Crippen LogP contribution in [0.3, 0.4) is 0 Å². The first kappa shape index (κ1) is 12.5. The number of nitrogens with zero attached hydrogens (tertiary/aromatic N) is 1. The van der Waals surface area contributed by atoms with Crippen molar-refractivity contribution in [2.45, 2.75) is 26.3 Å². The molecule has 0 saturated carbocycles. The van der Waals surface area contributed by atoms with E-state index in [9.17, 15) is 0 Å². The third kappa shape index (κ3) is 4.79. The van der Waals surface area contributed by atoms with Crippen LogP contribution in [0, 0.1) is 6.92 Å². The molecule has 1 rings (SSSR count). The molecular weight excluding hydrogens is 202 g/mol. The number of nitrogens with two attached hydrogens (primary N) is 1. The van der Waals surface area contributed by atoms with Gasteiger partial charge >= 0.3 is 0 Å². The molecule has 16 heavy (non-hydrogen) atoms. The Labute approximate surface area is 96.2 Å². The fourth-order valence-corrected chi connectivity index (χ4v) is 1.50. The van der Waals surface area contributed by atoms with Crippen molar-refractivity contribution >= 4 is 5.84 Å². The molecule has 0 aliphatic rings. The Morgan fingerprint density at radius 3 is 3.00 bits per heavy atom. The van der Waals surface area contributed by atoms with Crippen molar-refractivity contribution < 1.29 is 5.21 Å². The zero-order valence-corrected chi connectivity index (χ0v) is 9.61. The van der Waals surface area contributed by atoms with E-state index in [0.717, 1.165) is 19.5 Å². The van der Waals surface area contributed by atoms with Crippen LogP contribution < -0.4 is 11.1 Å². The van der Waals surface area contributed by atoms with Crippen molar-refractivity contribution in [2.75, 3.05) is 6.54 Å². The number of oxime groups is 1. The van der Waals surface area contributed by atoms with Gasteiger partial charge in [0.05, 0.1) is 0 Å². The molecule has 1 aromatic carbocycles. The van der Waals surface area contributed by atoms with Crippen LogP contribution in [-0.4, -0.2) is 17.6 Å². The van der Waals surface area contributed by atoms with Crippen LogP contribution in [0.1, 0.15) is 24.0 Å². The number of hydrogen-bond acceptors (Lipinski definition) is 3. The highest BCUT2D eigenvalue weighted by molar-refractivity contribution is 5.79. The van der Waals surface area contributed by atoms with E-state index in [0.29, 0.717) is 6.42 Å². The summed E-state index contributed by atoms with van der Waals surface area (Å²) in [6.07, 6.45) is 1.50. The maximum absolute atomic E-state index is 8.34. The molecule has 0 amide bonds. The van der Waals surface area contributed by atoms with E-state index in [1.165, 1.54) is 11.1 Å². The molecule has 0 heterocycles. The lowest BCUT2D eigenvalue weighted by Crippen LogP contribution is -2.18. The van der Waals surface area contributed by atoms with Crippen molar-refractivity contribution in [1.29, 1.82) is 0 Å². The van der Waals surface area contributed by atoms with Crippen LogP contribution in [0.2, 0.25) is 0 Å². The summed E-state index contributed by atoms with van der Waals surface area (Å²) in [5.41, 5.74) is 7.91. The van der Waals surface area contributed by atoms with Gasteiger partial charge in [-0.05, 0) is 25.5 Å². The summed E-state index contributed by atoms with van der Waals surface area (Å²) in [4.78, 5) is 0. The minimum absolute atomic E-state index is 0.289. The van der Waals surface area contributed by atoms with Crippen LogP contribution in [0.25, 0.3) is 0 Å². The zero-order chi connectivity index (χ0) is 11.8. The van der Waals surface area contributed by atoms with Gasteiger partial charge in [0, 0.05) is 13.0 Å². The smallest absolute Gasteiger partial charge is 0.139 e. The third-order valence-corrected chi connectivity index (χ3v) is 2.33. The first-order chi connectivity index (χ1) is 7.72. The van der Waals surface area contributed by atoms with E-state index in [4.69, 9.17) is 10.9 Å². The highest BCUT2D eigenvalue weighted by Crippen LogP contribution is 2.03. The van der Waals surface area contributed by atoms with E-state index >= 15 is 0 Å². The van der Waals surface area contributed by atoms with Gasteiger partial charge in [-0.15, -0.1) is 0 Å². The Morgan fingerprint density at radius 1 is 1.50 bits per heavy atom. The molecule has 0 saturated heterocycles. The van der Waals surface area contributed by atoms with E-state index in [2.05, 4.69) is 41.7 Å². The topological polar surface area (TPSA) is 70.6 Å². The van der Waals surface area contributed by atoms with Crippen molar-refractivity contribution in [3.8, 4) is 0 Å². The van der Waals surface area contributed by atoms with Gasteiger partial charge in [-0.25, -0.2) is 0 Å². The molecule has 0 spiro atoms. The largest absolute Gasteiger partial charge is 0.409 e. The number of nitrogens with one attached hydrogen (secondary N) is 1. The molecule has 0 bridgehead atoms. The van der Waals surface area contributed by atoms with Gasteiger partial charge in [0.2, 0.25) is 0 Å². The Kier molecular flexibility index (Phi) is 5.36. The predicted molar refractivity (Wildman–Crippen MR) is 65.5 cm³/mol. The van der Waals surface area contributed by atoms with Gasteiger partial charge in [0.25, 0.3) is 0 Å². The standard InChI is InChI=1S/C12H19N3O/c1-10-4-2-5-11(8-10)9-14-7-3-6-12(13)15-16/h2,4-5,8,14,16H,3,6-7,9H2,1H3,(H2,13,15). The SMILES string of the molecule is Cc1cccc(CNCCCC(N)=NO)c1. The lowest BCUT2D eigenvalue weighted by molar-refractivity contribution is 0.316. The highest BCUT2D eigenvalue weighted by atomic mass is 16.4. The average molecular weight is 221 g/mol. The highest BCUT2D eigenvalue weighted by Gasteiger charge is 1.95. The van der Waals surface area contributed by atoms with Gasteiger partial charge in [-0.1, -0.05) is 35.0 Å². The third-order valence-electron chi connectivity index (χ3n) is 2.33. The van der Waals surface area contributed by atoms with Gasteiger partial charge in [0.1, 0.15) is 5.84 Å². The molecule has 0 aliphatic heterocycles. The summed E-state index contributed by atoms with van der Waals surface area (Å²) in [7, 11) is 0. The number of hydrogen-bond donors (Lipinski definition) is 3. The summed E-state index contributed by atoms with van der Waals surface area (Å²) >= 11 is 0. The first-order valence-electron chi connectivity index (χ1n) is 5.45. The van der Waals surface area contributed by atoms with E-state index < -0.39 is 0 Å². The lowest BCUT2D eigenvalue weighted by Gasteiger charge is -2.05. The second kappa shape index (κ2) is 6.85. The van der Waals surface area contributed by atoms with Gasteiger partial charge < -0.3 is 16.3 Å². The molecule has 0 aliphatic carbocycles. The van der Waals surface area contributed by atoms with Crippen LogP contribution >= 0.6 is 0 Å². The molecule has 4 heteroatoms. The molecule has 0 radical (unpaired) electrons. The Morgan fingerprint density at radius 2 is 2.31 bits per heavy atom. The van der Waals surface area contributed by atoms with Gasteiger partial charge in [-0.3, -0.25) is 0 Å². The monoisotopic (exact) mass is 221 g/mol. The molecule has 88 valence electrons. The van der Waals surface area contributed by atoms with E-state index in [1.54, 1.807) is 0 Å². The minimum Gasteiger partial charge on any atom is -0.409 e. The van der Waals surface area contributed by atoms with Gasteiger partial charge in [0.15, 0.2) is 0 Å². The maximum atomic E-state index is 8.34. The lowest BCUT2D eigenvalue weighted by atomic mass is 10.1. The second-order valence-corrected chi connectivity index (χ2v) is 3.86. The Bertz CT molecular complexity index is 350. The van der Waals surface area contributed by atoms with Crippen LogP contribution in [0.4, 0.5) is 0 Å². The number of benzene rings is 1. The molecule has 0 fully saturated rings. The molecule has 1 aromatic rings. The number of rotatable bonds is 6. The molecule has 4 nitrogen and oxygen atoms in total. The van der Waals surface area contributed by atoms with E-state index in [1.807, 2.05) is 0 Å². The molecule has 0 aromatic heterocycles. The maximum Gasteiger partial charge on any atom is 0.139 e. The molecule has 0 atom stereocenters. The fourth-order valence-electron chi connectivity index (χ4n) is 1.50. The molecule has 0 unspecified atom stereocenters. The Hall–Kier alpha value is -1.55. The van der Waals surface area contributed by atoms with Gasteiger partial charge in [-0.2, -0.15) is 0 Å². The fraction of sp³-hybridized carbons (Fsp3) is 0.417. The van der Waals surface area contributed by atoms with Crippen LogP contribution in [0.5, 0.6) is 0 Å². The number of aryl methyl sites for hydroxylation is 1. The first-order valence-corrected chi connectivity index (χ1v) is 5.45. The minimum atomic E-state index is 0.289.